The Hall–Kier alpha value is -2.64. The Labute approximate surface area is 169 Å². The van der Waals surface area contributed by atoms with Gasteiger partial charge in [-0.3, -0.25) is 9.10 Å². The number of rotatable bonds is 6. The first-order chi connectivity index (χ1) is 13.3. The lowest BCUT2D eigenvalue weighted by Crippen LogP contribution is -2.36. The second kappa shape index (κ2) is 8.58. The number of benzene rings is 2. The SMILES string of the molecule is CC1=NS(=O)(=O)N(CCc2ccccc2)C=C1C(=O)NCc1cccc(Cl)c1. The van der Waals surface area contributed by atoms with Crippen LogP contribution >= 0.6 is 11.6 Å². The molecule has 1 aliphatic rings. The Bertz CT molecular complexity index is 1030. The molecule has 0 fully saturated rings. The van der Waals surface area contributed by atoms with E-state index in [2.05, 4.69) is 9.71 Å². The van der Waals surface area contributed by atoms with Crippen LogP contribution in [0.3, 0.4) is 0 Å². The number of nitrogens with one attached hydrogen (secondary N) is 1. The minimum Gasteiger partial charge on any atom is -0.348 e. The average molecular weight is 418 g/mol. The minimum absolute atomic E-state index is 0.166. The largest absolute Gasteiger partial charge is 0.348 e. The van der Waals surface area contributed by atoms with Gasteiger partial charge < -0.3 is 5.32 Å². The minimum atomic E-state index is -3.83. The average Bonchev–Trinajstić information content (AvgIpc) is 2.66. The van der Waals surface area contributed by atoms with E-state index >= 15 is 0 Å². The van der Waals surface area contributed by atoms with Crippen molar-refractivity contribution >= 4 is 33.4 Å². The quantitative estimate of drug-likeness (QED) is 0.784. The Morgan fingerprint density at radius 3 is 2.54 bits per heavy atom. The molecule has 0 bridgehead atoms. The highest BCUT2D eigenvalue weighted by Crippen LogP contribution is 2.18. The van der Waals surface area contributed by atoms with Crippen molar-refractivity contribution in [2.24, 2.45) is 4.40 Å². The van der Waals surface area contributed by atoms with Gasteiger partial charge in [0.1, 0.15) is 0 Å². The summed E-state index contributed by atoms with van der Waals surface area (Å²) in [6, 6.07) is 16.7. The van der Waals surface area contributed by atoms with E-state index in [-0.39, 0.29) is 30.3 Å². The molecule has 0 saturated heterocycles. The summed E-state index contributed by atoms with van der Waals surface area (Å²) in [7, 11) is -3.83. The number of carbonyl (C=O) groups excluding carboxylic acids is 1. The molecule has 2 aromatic rings. The van der Waals surface area contributed by atoms with Crippen molar-refractivity contribution in [3.05, 3.63) is 82.5 Å². The molecule has 0 unspecified atom stereocenters. The zero-order valence-electron chi connectivity index (χ0n) is 15.3. The third-order valence-corrected chi connectivity index (χ3v) is 5.88. The molecule has 0 aliphatic carbocycles. The highest BCUT2D eigenvalue weighted by atomic mass is 35.5. The van der Waals surface area contributed by atoms with Crippen LogP contribution in [0, 0.1) is 0 Å². The van der Waals surface area contributed by atoms with Crippen LogP contribution in [-0.4, -0.2) is 30.9 Å². The van der Waals surface area contributed by atoms with Gasteiger partial charge in [-0.15, -0.1) is 4.40 Å². The van der Waals surface area contributed by atoms with Crippen LogP contribution in [0.4, 0.5) is 0 Å². The van der Waals surface area contributed by atoms with E-state index in [9.17, 15) is 13.2 Å². The van der Waals surface area contributed by atoms with Crippen LogP contribution in [-0.2, 0) is 28.0 Å². The number of hydrogen-bond acceptors (Lipinski definition) is 3. The number of hydrogen-bond donors (Lipinski definition) is 1. The number of amides is 1. The molecule has 28 heavy (non-hydrogen) atoms. The molecule has 8 heteroatoms. The third kappa shape index (κ3) is 4.99. The standard InChI is InChI=1S/C20H20ClN3O3S/c1-15-19(20(25)22-13-17-8-5-9-18(21)12-17)14-24(28(26,27)23-15)11-10-16-6-3-2-4-7-16/h2-9,12,14H,10-11,13H2,1H3,(H,22,25). The molecule has 146 valence electrons. The van der Waals surface area contributed by atoms with Crippen molar-refractivity contribution in [3.63, 3.8) is 0 Å². The summed E-state index contributed by atoms with van der Waals surface area (Å²) in [6.45, 7) is 1.99. The molecule has 1 N–H and O–H groups in total. The molecule has 0 atom stereocenters. The molecule has 1 amide bonds. The molecule has 0 saturated carbocycles. The molecule has 1 aliphatic heterocycles. The van der Waals surface area contributed by atoms with Gasteiger partial charge in [0.15, 0.2) is 0 Å². The van der Waals surface area contributed by atoms with Gasteiger partial charge in [-0.1, -0.05) is 54.1 Å². The first-order valence-corrected chi connectivity index (χ1v) is 10.5. The van der Waals surface area contributed by atoms with Crippen molar-refractivity contribution in [1.29, 1.82) is 0 Å². The second-order valence-electron chi connectivity index (χ2n) is 6.36. The molecule has 0 spiro atoms. The van der Waals surface area contributed by atoms with Crippen LogP contribution in [0.2, 0.25) is 5.02 Å². The molecule has 2 aromatic carbocycles. The Morgan fingerprint density at radius 2 is 1.82 bits per heavy atom. The van der Waals surface area contributed by atoms with E-state index in [0.29, 0.717) is 11.4 Å². The Morgan fingerprint density at radius 1 is 1.11 bits per heavy atom. The van der Waals surface area contributed by atoms with Crippen LogP contribution in [0.25, 0.3) is 0 Å². The van der Waals surface area contributed by atoms with Crippen molar-refractivity contribution in [3.8, 4) is 0 Å². The van der Waals surface area contributed by atoms with Gasteiger partial charge in [-0.25, -0.2) is 0 Å². The van der Waals surface area contributed by atoms with E-state index in [1.807, 2.05) is 36.4 Å². The number of carbonyl (C=O) groups is 1. The van der Waals surface area contributed by atoms with Crippen LogP contribution < -0.4 is 5.32 Å². The molecule has 0 radical (unpaired) electrons. The van der Waals surface area contributed by atoms with Crippen LogP contribution in [0.15, 0.2) is 70.8 Å². The summed E-state index contributed by atoms with van der Waals surface area (Å²) in [6.07, 6.45) is 1.87. The van der Waals surface area contributed by atoms with Crippen LogP contribution in [0.5, 0.6) is 0 Å². The highest BCUT2D eigenvalue weighted by Gasteiger charge is 2.27. The second-order valence-corrected chi connectivity index (χ2v) is 8.34. The van der Waals surface area contributed by atoms with Gasteiger partial charge in [-0.05, 0) is 36.6 Å². The van der Waals surface area contributed by atoms with Crippen molar-refractivity contribution in [1.82, 2.24) is 9.62 Å². The van der Waals surface area contributed by atoms with Gasteiger partial charge in [0.05, 0.1) is 11.3 Å². The van der Waals surface area contributed by atoms with Crippen molar-refractivity contribution in [2.75, 3.05) is 6.54 Å². The molecule has 0 aromatic heterocycles. The zero-order chi connectivity index (χ0) is 20.1. The van der Waals surface area contributed by atoms with Gasteiger partial charge in [0.25, 0.3) is 5.91 Å². The fourth-order valence-electron chi connectivity index (χ4n) is 2.79. The predicted octanol–water partition coefficient (Wildman–Crippen LogP) is 3.10. The summed E-state index contributed by atoms with van der Waals surface area (Å²) < 4.78 is 29.5. The maximum absolute atomic E-state index is 12.6. The highest BCUT2D eigenvalue weighted by molar-refractivity contribution is 7.88. The summed E-state index contributed by atoms with van der Waals surface area (Å²) in [5, 5.41) is 3.36. The number of halogens is 1. The summed E-state index contributed by atoms with van der Waals surface area (Å²) in [5.74, 6) is -0.388. The van der Waals surface area contributed by atoms with E-state index in [0.717, 1.165) is 15.4 Å². The fourth-order valence-corrected chi connectivity index (χ4v) is 4.11. The zero-order valence-corrected chi connectivity index (χ0v) is 16.9. The molecule has 3 rings (SSSR count). The number of nitrogens with zero attached hydrogens (tertiary/aromatic N) is 2. The molecule has 6 nitrogen and oxygen atoms in total. The van der Waals surface area contributed by atoms with E-state index < -0.39 is 10.2 Å². The van der Waals surface area contributed by atoms with E-state index in [1.165, 1.54) is 13.1 Å². The fraction of sp³-hybridized carbons (Fsp3) is 0.200. The van der Waals surface area contributed by atoms with Crippen molar-refractivity contribution < 1.29 is 13.2 Å². The van der Waals surface area contributed by atoms with Crippen molar-refractivity contribution in [2.45, 2.75) is 19.9 Å². The third-order valence-electron chi connectivity index (χ3n) is 4.26. The Balaban J connectivity index is 1.72. The smallest absolute Gasteiger partial charge is 0.344 e. The van der Waals surface area contributed by atoms with Gasteiger partial charge in [0.2, 0.25) is 0 Å². The van der Waals surface area contributed by atoms with Crippen LogP contribution in [0.1, 0.15) is 18.1 Å². The Kier molecular flexibility index (Phi) is 6.16. The lowest BCUT2D eigenvalue weighted by Gasteiger charge is -2.23. The van der Waals surface area contributed by atoms with E-state index in [1.54, 1.807) is 18.2 Å². The lowest BCUT2D eigenvalue weighted by molar-refractivity contribution is -0.117. The van der Waals surface area contributed by atoms with Gasteiger partial charge >= 0.3 is 10.2 Å². The monoisotopic (exact) mass is 417 g/mol. The lowest BCUT2D eigenvalue weighted by atomic mass is 10.1. The van der Waals surface area contributed by atoms with E-state index in [4.69, 9.17) is 11.6 Å². The predicted molar refractivity (Wildman–Crippen MR) is 110 cm³/mol. The first kappa shape index (κ1) is 20.1. The summed E-state index contributed by atoms with van der Waals surface area (Å²) >= 11 is 5.95. The first-order valence-electron chi connectivity index (χ1n) is 8.72. The summed E-state index contributed by atoms with van der Waals surface area (Å²) in [5.41, 5.74) is 2.24. The topological polar surface area (TPSA) is 78.8 Å². The molecular weight excluding hydrogens is 398 g/mol. The summed E-state index contributed by atoms with van der Waals surface area (Å²) in [4.78, 5) is 12.6. The van der Waals surface area contributed by atoms with Gasteiger partial charge in [-0.2, -0.15) is 8.42 Å². The maximum atomic E-state index is 12.6. The molecular formula is C20H20ClN3O3S. The normalized spacial score (nSPS) is 15.6. The van der Waals surface area contributed by atoms with Gasteiger partial charge in [0, 0.05) is 24.3 Å². The maximum Gasteiger partial charge on any atom is 0.344 e. The molecule has 1 heterocycles.